The van der Waals surface area contributed by atoms with E-state index in [-0.39, 0.29) is 11.2 Å². The Bertz CT molecular complexity index is 336. The SMILES string of the molecule is CCCCNC(=O)[C@H](C)Sc1ccoc1C. The molecule has 90 valence electrons. The second-order valence-corrected chi connectivity index (χ2v) is 5.13. The molecule has 0 saturated carbocycles. The lowest BCUT2D eigenvalue weighted by molar-refractivity contribution is -0.120. The monoisotopic (exact) mass is 241 g/mol. The van der Waals surface area contributed by atoms with Crippen molar-refractivity contribution in [3.05, 3.63) is 18.1 Å². The minimum atomic E-state index is -0.0758. The molecule has 1 amide bonds. The Hall–Kier alpha value is -0.900. The van der Waals surface area contributed by atoms with Crippen LogP contribution >= 0.6 is 11.8 Å². The zero-order valence-corrected chi connectivity index (χ0v) is 10.9. The smallest absolute Gasteiger partial charge is 0.233 e. The molecule has 0 unspecified atom stereocenters. The topological polar surface area (TPSA) is 42.2 Å². The van der Waals surface area contributed by atoms with Gasteiger partial charge in [0, 0.05) is 11.4 Å². The molecular formula is C12H19NO2S. The van der Waals surface area contributed by atoms with Crippen molar-refractivity contribution < 1.29 is 9.21 Å². The number of thioether (sulfide) groups is 1. The highest BCUT2D eigenvalue weighted by Crippen LogP contribution is 2.27. The highest BCUT2D eigenvalue weighted by Gasteiger charge is 2.15. The quantitative estimate of drug-likeness (QED) is 0.615. The van der Waals surface area contributed by atoms with Gasteiger partial charge in [0.1, 0.15) is 5.76 Å². The van der Waals surface area contributed by atoms with Gasteiger partial charge in [0.05, 0.1) is 11.5 Å². The first-order valence-electron chi connectivity index (χ1n) is 5.63. The van der Waals surface area contributed by atoms with E-state index in [1.54, 1.807) is 6.26 Å². The van der Waals surface area contributed by atoms with Crippen molar-refractivity contribution in [3.63, 3.8) is 0 Å². The molecule has 0 bridgehead atoms. The standard InChI is InChI=1S/C12H19NO2S/c1-4-5-7-13-12(14)10(3)16-11-6-8-15-9(11)2/h6,8,10H,4-5,7H2,1-3H3,(H,13,14)/t10-/m0/s1. The maximum Gasteiger partial charge on any atom is 0.233 e. The third-order valence-electron chi connectivity index (χ3n) is 2.31. The fraction of sp³-hybridized carbons (Fsp3) is 0.583. The highest BCUT2D eigenvalue weighted by molar-refractivity contribution is 8.00. The van der Waals surface area contributed by atoms with Crippen molar-refractivity contribution in [1.29, 1.82) is 0 Å². The summed E-state index contributed by atoms with van der Waals surface area (Å²) in [6.07, 6.45) is 3.79. The van der Waals surface area contributed by atoms with E-state index in [9.17, 15) is 4.79 Å². The maximum atomic E-state index is 11.7. The number of carbonyl (C=O) groups is 1. The lowest BCUT2D eigenvalue weighted by atomic mass is 10.3. The third kappa shape index (κ3) is 3.93. The molecule has 1 N–H and O–H groups in total. The molecule has 0 aromatic carbocycles. The van der Waals surface area contributed by atoms with Gasteiger partial charge in [-0.25, -0.2) is 0 Å². The second-order valence-electron chi connectivity index (χ2n) is 3.75. The fourth-order valence-corrected chi connectivity index (χ4v) is 2.19. The van der Waals surface area contributed by atoms with Crippen molar-refractivity contribution in [3.8, 4) is 0 Å². The number of nitrogens with one attached hydrogen (secondary N) is 1. The first-order chi connectivity index (χ1) is 7.65. The van der Waals surface area contributed by atoms with E-state index in [2.05, 4.69) is 12.2 Å². The normalized spacial score (nSPS) is 12.4. The van der Waals surface area contributed by atoms with Gasteiger partial charge < -0.3 is 9.73 Å². The third-order valence-corrected chi connectivity index (χ3v) is 3.56. The van der Waals surface area contributed by atoms with Crippen molar-refractivity contribution >= 4 is 17.7 Å². The fourth-order valence-electron chi connectivity index (χ4n) is 1.27. The number of hydrogen-bond donors (Lipinski definition) is 1. The van der Waals surface area contributed by atoms with E-state index in [1.807, 2.05) is 19.9 Å². The van der Waals surface area contributed by atoms with Crippen LogP contribution in [0.2, 0.25) is 0 Å². The Kier molecular flexibility index (Phi) is 5.46. The van der Waals surface area contributed by atoms with Gasteiger partial charge in [0.15, 0.2) is 0 Å². The molecule has 1 aromatic heterocycles. The molecule has 0 spiro atoms. The molecule has 0 aliphatic rings. The van der Waals surface area contributed by atoms with Crippen molar-refractivity contribution in [2.45, 2.75) is 43.8 Å². The summed E-state index contributed by atoms with van der Waals surface area (Å²) < 4.78 is 5.19. The highest BCUT2D eigenvalue weighted by atomic mass is 32.2. The number of hydrogen-bond acceptors (Lipinski definition) is 3. The van der Waals surface area contributed by atoms with Crippen LogP contribution in [0.3, 0.4) is 0 Å². The zero-order valence-electron chi connectivity index (χ0n) is 10.1. The van der Waals surface area contributed by atoms with E-state index in [0.717, 1.165) is 30.0 Å². The van der Waals surface area contributed by atoms with Crippen LogP contribution in [0, 0.1) is 6.92 Å². The number of rotatable bonds is 6. The second kappa shape index (κ2) is 6.63. The molecule has 4 heteroatoms. The van der Waals surface area contributed by atoms with Gasteiger partial charge in [-0.1, -0.05) is 13.3 Å². The number of aryl methyl sites for hydroxylation is 1. The van der Waals surface area contributed by atoms with Gasteiger partial charge in [-0.15, -0.1) is 11.8 Å². The summed E-state index contributed by atoms with van der Waals surface area (Å²) in [6.45, 7) is 6.70. The van der Waals surface area contributed by atoms with Gasteiger partial charge in [-0.05, 0) is 26.3 Å². The minimum Gasteiger partial charge on any atom is -0.468 e. The van der Waals surface area contributed by atoms with E-state index in [4.69, 9.17) is 4.42 Å². The molecule has 0 radical (unpaired) electrons. The number of furan rings is 1. The van der Waals surface area contributed by atoms with E-state index in [1.165, 1.54) is 11.8 Å². The molecule has 0 fully saturated rings. The molecule has 1 aromatic rings. The summed E-state index contributed by atoms with van der Waals surface area (Å²) in [5.74, 6) is 0.970. The van der Waals surface area contributed by atoms with Crippen molar-refractivity contribution in [2.24, 2.45) is 0 Å². The molecule has 0 aliphatic carbocycles. The lowest BCUT2D eigenvalue weighted by Gasteiger charge is -2.10. The number of carbonyl (C=O) groups excluding carboxylic acids is 1. The van der Waals surface area contributed by atoms with E-state index in [0.29, 0.717) is 0 Å². The lowest BCUT2D eigenvalue weighted by Crippen LogP contribution is -2.31. The Morgan fingerprint density at radius 3 is 2.94 bits per heavy atom. The van der Waals surface area contributed by atoms with Crippen molar-refractivity contribution in [1.82, 2.24) is 5.32 Å². The summed E-state index contributed by atoms with van der Waals surface area (Å²) in [5.41, 5.74) is 0. The summed E-state index contributed by atoms with van der Waals surface area (Å²) in [6, 6.07) is 1.90. The van der Waals surface area contributed by atoms with Crippen LogP contribution in [-0.2, 0) is 4.79 Å². The Morgan fingerprint density at radius 1 is 1.62 bits per heavy atom. The van der Waals surface area contributed by atoms with Gasteiger partial charge in [-0.3, -0.25) is 4.79 Å². The number of unbranched alkanes of at least 4 members (excludes halogenated alkanes) is 1. The van der Waals surface area contributed by atoms with E-state index < -0.39 is 0 Å². The molecule has 1 heterocycles. The molecule has 16 heavy (non-hydrogen) atoms. The van der Waals surface area contributed by atoms with Crippen LogP contribution in [0.15, 0.2) is 21.6 Å². The molecule has 1 atom stereocenters. The number of amides is 1. The van der Waals surface area contributed by atoms with Gasteiger partial charge in [-0.2, -0.15) is 0 Å². The summed E-state index contributed by atoms with van der Waals surface area (Å²) >= 11 is 1.54. The Balaban J connectivity index is 2.37. The van der Waals surface area contributed by atoms with Crippen LogP contribution in [0.5, 0.6) is 0 Å². The molecule has 0 saturated heterocycles. The predicted octanol–water partition coefficient (Wildman–Crippen LogP) is 2.98. The van der Waals surface area contributed by atoms with Crippen LogP contribution < -0.4 is 5.32 Å². The molecule has 1 rings (SSSR count). The largest absolute Gasteiger partial charge is 0.468 e. The average molecular weight is 241 g/mol. The summed E-state index contributed by atoms with van der Waals surface area (Å²) in [5, 5.41) is 2.85. The minimum absolute atomic E-state index is 0.0758. The molecule has 3 nitrogen and oxygen atoms in total. The van der Waals surface area contributed by atoms with Crippen molar-refractivity contribution in [2.75, 3.05) is 6.54 Å². The maximum absolute atomic E-state index is 11.7. The van der Waals surface area contributed by atoms with Crippen LogP contribution in [0.1, 0.15) is 32.4 Å². The van der Waals surface area contributed by atoms with Crippen LogP contribution in [-0.4, -0.2) is 17.7 Å². The molecular weight excluding hydrogens is 222 g/mol. The Labute approximate surface area is 101 Å². The first-order valence-corrected chi connectivity index (χ1v) is 6.51. The van der Waals surface area contributed by atoms with E-state index >= 15 is 0 Å². The summed E-state index contributed by atoms with van der Waals surface area (Å²) in [4.78, 5) is 12.7. The van der Waals surface area contributed by atoms with Gasteiger partial charge in [0.2, 0.25) is 5.91 Å². The van der Waals surface area contributed by atoms with Gasteiger partial charge >= 0.3 is 0 Å². The van der Waals surface area contributed by atoms with Crippen LogP contribution in [0.25, 0.3) is 0 Å². The first kappa shape index (κ1) is 13.2. The van der Waals surface area contributed by atoms with Crippen LogP contribution in [0.4, 0.5) is 0 Å². The average Bonchev–Trinajstić information content (AvgIpc) is 2.64. The predicted molar refractivity (Wildman–Crippen MR) is 66.7 cm³/mol. The zero-order chi connectivity index (χ0) is 12.0. The Morgan fingerprint density at radius 2 is 2.38 bits per heavy atom. The summed E-state index contributed by atoms with van der Waals surface area (Å²) in [7, 11) is 0. The van der Waals surface area contributed by atoms with Gasteiger partial charge in [0.25, 0.3) is 0 Å². The molecule has 0 aliphatic heterocycles.